The molecule has 0 heterocycles. The van der Waals surface area contributed by atoms with Crippen molar-refractivity contribution in [3.05, 3.63) is 0 Å². The van der Waals surface area contributed by atoms with Gasteiger partial charge in [0.05, 0.1) is 38.3 Å². The number of esters is 3. The standard InChI is InChI=1S/C20H30O11/c1-5-6-26-7-8-27-9-10-28-20(25)16-17(24)19(31-14(4)23)15(11-29-12(2)21)18(16)30-13(3)22/h1,15-20,24-25H,6-11H2,2-4H3/t15?,16?,17?,18-,19+,20-/m1/s1. The maximum Gasteiger partial charge on any atom is 0.303 e. The Bertz CT molecular complexity index is 629. The van der Waals surface area contributed by atoms with Gasteiger partial charge in [0.25, 0.3) is 0 Å². The Kier molecular flexibility index (Phi) is 12.1. The van der Waals surface area contributed by atoms with Gasteiger partial charge in [0, 0.05) is 20.8 Å². The molecule has 31 heavy (non-hydrogen) atoms. The molecule has 2 N–H and O–H groups in total. The zero-order chi connectivity index (χ0) is 23.4. The molecule has 1 aliphatic carbocycles. The Labute approximate surface area is 180 Å². The zero-order valence-electron chi connectivity index (χ0n) is 17.9. The smallest absolute Gasteiger partial charge is 0.303 e. The van der Waals surface area contributed by atoms with Gasteiger partial charge >= 0.3 is 17.9 Å². The Morgan fingerprint density at radius 3 is 2.10 bits per heavy atom. The summed E-state index contributed by atoms with van der Waals surface area (Å²) in [5.41, 5.74) is 0. The molecule has 0 radical (unpaired) electrons. The first kappa shape index (κ1) is 26.8. The van der Waals surface area contributed by atoms with Gasteiger partial charge in [-0.2, -0.15) is 0 Å². The summed E-state index contributed by atoms with van der Waals surface area (Å²) in [4.78, 5) is 34.3. The summed E-state index contributed by atoms with van der Waals surface area (Å²) < 4.78 is 31.0. The van der Waals surface area contributed by atoms with E-state index in [9.17, 15) is 24.6 Å². The van der Waals surface area contributed by atoms with Crippen molar-refractivity contribution in [2.45, 2.75) is 45.4 Å². The summed E-state index contributed by atoms with van der Waals surface area (Å²) in [6.45, 7) is 3.98. The maximum absolute atomic E-state index is 11.6. The molecule has 1 rings (SSSR count). The molecular weight excluding hydrogens is 416 g/mol. The normalized spacial score (nSPS) is 26.0. The third-order valence-corrected chi connectivity index (χ3v) is 4.44. The van der Waals surface area contributed by atoms with E-state index in [0.717, 1.165) is 13.8 Å². The van der Waals surface area contributed by atoms with E-state index in [1.807, 2.05) is 0 Å². The Hall–Kier alpha value is -2.23. The van der Waals surface area contributed by atoms with Gasteiger partial charge in [0.15, 0.2) is 6.29 Å². The van der Waals surface area contributed by atoms with E-state index in [1.54, 1.807) is 0 Å². The van der Waals surface area contributed by atoms with Crippen molar-refractivity contribution in [1.82, 2.24) is 0 Å². The largest absolute Gasteiger partial charge is 0.465 e. The molecule has 0 saturated heterocycles. The summed E-state index contributed by atoms with van der Waals surface area (Å²) >= 11 is 0. The monoisotopic (exact) mass is 446 g/mol. The van der Waals surface area contributed by atoms with E-state index < -0.39 is 54.3 Å². The van der Waals surface area contributed by atoms with E-state index in [1.165, 1.54) is 6.92 Å². The lowest BCUT2D eigenvalue weighted by Crippen LogP contribution is -2.41. The SMILES string of the molecule is C#CCOCCOCCO[C@@H](O)C1C(O)[C@@H](OC(C)=O)C(COC(C)=O)[C@H]1OC(C)=O. The summed E-state index contributed by atoms with van der Waals surface area (Å²) in [5.74, 6) is -1.75. The van der Waals surface area contributed by atoms with Crippen LogP contribution in [0.25, 0.3) is 0 Å². The third-order valence-electron chi connectivity index (χ3n) is 4.44. The fourth-order valence-corrected chi connectivity index (χ4v) is 3.27. The highest BCUT2D eigenvalue weighted by atomic mass is 16.6. The second-order valence-corrected chi connectivity index (χ2v) is 6.81. The predicted octanol–water partition coefficient (Wildman–Crippen LogP) is -0.979. The molecule has 11 heteroatoms. The molecule has 0 amide bonds. The van der Waals surface area contributed by atoms with Gasteiger partial charge in [-0.1, -0.05) is 5.92 Å². The molecule has 0 aromatic heterocycles. The van der Waals surface area contributed by atoms with Crippen LogP contribution in [0, 0.1) is 24.2 Å². The number of aliphatic hydroxyl groups excluding tert-OH is 2. The zero-order valence-corrected chi connectivity index (χ0v) is 17.9. The number of hydrogen-bond acceptors (Lipinski definition) is 11. The second-order valence-electron chi connectivity index (χ2n) is 6.81. The minimum absolute atomic E-state index is 0.0425. The van der Waals surface area contributed by atoms with Gasteiger partial charge in [-0.05, 0) is 0 Å². The van der Waals surface area contributed by atoms with Gasteiger partial charge in [0.2, 0.25) is 0 Å². The molecule has 176 valence electrons. The third kappa shape index (κ3) is 9.20. The number of hydrogen-bond donors (Lipinski definition) is 2. The molecule has 3 unspecified atom stereocenters. The first-order chi connectivity index (χ1) is 14.7. The van der Waals surface area contributed by atoms with Crippen LogP contribution in [0.4, 0.5) is 0 Å². The summed E-state index contributed by atoms with van der Waals surface area (Å²) in [6.07, 6.45) is -0.297. The Balaban J connectivity index is 2.78. The van der Waals surface area contributed by atoms with E-state index in [0.29, 0.717) is 6.61 Å². The van der Waals surface area contributed by atoms with E-state index >= 15 is 0 Å². The lowest BCUT2D eigenvalue weighted by molar-refractivity contribution is -0.193. The maximum atomic E-state index is 11.6. The number of rotatable bonds is 13. The van der Waals surface area contributed by atoms with Crippen molar-refractivity contribution in [3.8, 4) is 12.3 Å². The number of carbonyl (C=O) groups excluding carboxylic acids is 3. The molecule has 6 atom stereocenters. The first-order valence-electron chi connectivity index (χ1n) is 9.73. The van der Waals surface area contributed by atoms with Gasteiger partial charge < -0.3 is 38.6 Å². The van der Waals surface area contributed by atoms with Crippen LogP contribution in [0.2, 0.25) is 0 Å². The first-order valence-corrected chi connectivity index (χ1v) is 9.73. The Morgan fingerprint density at radius 2 is 1.52 bits per heavy atom. The lowest BCUT2D eigenvalue weighted by atomic mass is 9.99. The van der Waals surface area contributed by atoms with Crippen molar-refractivity contribution in [1.29, 1.82) is 0 Å². The summed E-state index contributed by atoms with van der Waals surface area (Å²) in [5, 5.41) is 21.2. The number of ether oxygens (including phenoxy) is 6. The molecule has 0 spiro atoms. The molecule has 11 nitrogen and oxygen atoms in total. The van der Waals surface area contributed by atoms with Crippen molar-refractivity contribution in [3.63, 3.8) is 0 Å². The van der Waals surface area contributed by atoms with Crippen LogP contribution in [0.15, 0.2) is 0 Å². The average molecular weight is 446 g/mol. The molecule has 0 bridgehead atoms. The highest BCUT2D eigenvalue weighted by molar-refractivity contribution is 5.67. The number of terminal acetylenes is 1. The highest BCUT2D eigenvalue weighted by Crippen LogP contribution is 2.39. The van der Waals surface area contributed by atoms with Crippen molar-refractivity contribution in [2.75, 3.05) is 39.6 Å². The van der Waals surface area contributed by atoms with Crippen molar-refractivity contribution in [2.24, 2.45) is 11.8 Å². The van der Waals surface area contributed by atoms with Gasteiger partial charge in [-0.25, -0.2) is 0 Å². The van der Waals surface area contributed by atoms with Crippen LogP contribution in [-0.4, -0.2) is 92.4 Å². The van der Waals surface area contributed by atoms with E-state index in [-0.39, 0.29) is 33.0 Å². The van der Waals surface area contributed by atoms with Crippen LogP contribution in [-0.2, 0) is 42.8 Å². The second kappa shape index (κ2) is 14.0. The average Bonchev–Trinajstić information content (AvgIpc) is 2.92. The molecule has 0 aromatic rings. The Morgan fingerprint density at radius 1 is 0.935 bits per heavy atom. The molecule has 0 aromatic carbocycles. The molecular formula is C20H30O11. The van der Waals surface area contributed by atoms with Crippen molar-refractivity contribution >= 4 is 17.9 Å². The van der Waals surface area contributed by atoms with E-state index in [4.69, 9.17) is 34.8 Å². The number of aliphatic hydroxyl groups is 2. The lowest BCUT2D eigenvalue weighted by Gasteiger charge is -2.28. The minimum atomic E-state index is -1.58. The molecule has 0 aliphatic heterocycles. The topological polar surface area (TPSA) is 147 Å². The highest BCUT2D eigenvalue weighted by Gasteiger charge is 2.57. The van der Waals surface area contributed by atoms with Crippen molar-refractivity contribution < 1.29 is 53.0 Å². The van der Waals surface area contributed by atoms with Crippen LogP contribution < -0.4 is 0 Å². The van der Waals surface area contributed by atoms with Gasteiger partial charge in [0.1, 0.15) is 31.5 Å². The molecule has 1 aliphatic rings. The number of carbonyl (C=O) groups is 3. The molecule has 1 saturated carbocycles. The summed E-state index contributed by atoms with van der Waals surface area (Å²) in [7, 11) is 0. The fraction of sp³-hybridized carbons (Fsp3) is 0.750. The quantitative estimate of drug-likeness (QED) is 0.118. The van der Waals surface area contributed by atoms with Gasteiger partial charge in [-0.15, -0.1) is 6.42 Å². The minimum Gasteiger partial charge on any atom is -0.465 e. The molecule has 1 fully saturated rings. The van der Waals surface area contributed by atoms with Gasteiger partial charge in [-0.3, -0.25) is 14.4 Å². The predicted molar refractivity (Wildman–Crippen MR) is 103 cm³/mol. The van der Waals surface area contributed by atoms with Crippen LogP contribution >= 0.6 is 0 Å². The van der Waals surface area contributed by atoms with Crippen LogP contribution in [0.3, 0.4) is 0 Å². The van der Waals surface area contributed by atoms with Crippen LogP contribution in [0.1, 0.15) is 20.8 Å². The summed E-state index contributed by atoms with van der Waals surface area (Å²) in [6, 6.07) is 0. The van der Waals surface area contributed by atoms with Crippen LogP contribution in [0.5, 0.6) is 0 Å². The van der Waals surface area contributed by atoms with E-state index in [2.05, 4.69) is 5.92 Å². The fourth-order valence-electron chi connectivity index (χ4n) is 3.27.